The fraction of sp³-hybridized carbons (Fsp3) is 0.421. The van der Waals surface area contributed by atoms with Gasteiger partial charge in [0.15, 0.2) is 0 Å². The van der Waals surface area contributed by atoms with Gasteiger partial charge in [0.05, 0.1) is 17.7 Å². The van der Waals surface area contributed by atoms with Gasteiger partial charge in [0.1, 0.15) is 9.88 Å². The number of amides is 1. The van der Waals surface area contributed by atoms with Crippen LogP contribution in [0.15, 0.2) is 30.3 Å². The van der Waals surface area contributed by atoms with Crippen molar-refractivity contribution in [3.05, 3.63) is 51.5 Å². The molecule has 7 heteroatoms. The van der Waals surface area contributed by atoms with Gasteiger partial charge in [-0.05, 0) is 25.3 Å². The fourth-order valence-electron chi connectivity index (χ4n) is 3.45. The number of rotatable bonds is 5. The van der Waals surface area contributed by atoms with Crippen molar-refractivity contribution in [1.82, 2.24) is 9.88 Å². The number of nitrogens with zero attached hydrogens (tertiary/aromatic N) is 2. The molecular formula is C19H22N2O4S. The SMILES string of the molecule is COCc1nc(C)c(C(=O)N2CCC(C(=O)O)(c3ccccc3)CC2)s1. The molecule has 1 amide bonds. The Labute approximate surface area is 156 Å². The number of hydrogen-bond acceptors (Lipinski definition) is 5. The molecule has 0 unspecified atom stereocenters. The zero-order valence-electron chi connectivity index (χ0n) is 14.9. The third-order valence-corrected chi connectivity index (χ3v) is 6.06. The van der Waals surface area contributed by atoms with Crippen LogP contribution in [0.1, 0.15) is 38.8 Å². The number of carbonyl (C=O) groups is 2. The number of carboxylic acids is 1. The van der Waals surface area contributed by atoms with Crippen molar-refractivity contribution in [1.29, 1.82) is 0 Å². The standard InChI is InChI=1S/C19H22N2O4S/c1-13-16(26-15(20-13)12-25-2)17(22)21-10-8-19(9-11-21,18(23)24)14-6-4-3-5-7-14/h3-7H,8-12H2,1-2H3,(H,23,24). The van der Waals surface area contributed by atoms with Crippen LogP contribution in [0.5, 0.6) is 0 Å². The monoisotopic (exact) mass is 374 g/mol. The van der Waals surface area contributed by atoms with Crippen LogP contribution in [0.2, 0.25) is 0 Å². The number of thiazole rings is 1. The van der Waals surface area contributed by atoms with Gasteiger partial charge >= 0.3 is 5.97 Å². The van der Waals surface area contributed by atoms with Crippen molar-refractivity contribution >= 4 is 23.2 Å². The molecule has 138 valence electrons. The number of aryl methyl sites for hydroxylation is 1. The van der Waals surface area contributed by atoms with Crippen molar-refractivity contribution in [2.24, 2.45) is 0 Å². The van der Waals surface area contributed by atoms with Crippen LogP contribution in [0.3, 0.4) is 0 Å². The smallest absolute Gasteiger partial charge is 0.314 e. The Kier molecular flexibility index (Phi) is 5.38. The van der Waals surface area contributed by atoms with Crippen molar-refractivity contribution in [3.8, 4) is 0 Å². The van der Waals surface area contributed by atoms with E-state index in [1.54, 1.807) is 12.0 Å². The van der Waals surface area contributed by atoms with Crippen LogP contribution >= 0.6 is 11.3 Å². The zero-order valence-corrected chi connectivity index (χ0v) is 15.7. The van der Waals surface area contributed by atoms with Crippen LogP contribution in [0.4, 0.5) is 0 Å². The second-order valence-corrected chi connectivity index (χ2v) is 7.58. The highest BCUT2D eigenvalue weighted by Crippen LogP contribution is 2.36. The first-order chi connectivity index (χ1) is 12.5. The molecule has 1 aliphatic rings. The lowest BCUT2D eigenvalue weighted by molar-refractivity contribution is -0.145. The molecule has 1 aromatic heterocycles. The Bertz CT molecular complexity index is 795. The number of ether oxygens (including phenoxy) is 1. The van der Waals surface area contributed by atoms with E-state index in [4.69, 9.17) is 4.74 Å². The summed E-state index contributed by atoms with van der Waals surface area (Å²) < 4.78 is 5.08. The average molecular weight is 374 g/mol. The molecule has 1 aromatic carbocycles. The lowest BCUT2D eigenvalue weighted by Gasteiger charge is -2.39. The molecule has 1 saturated heterocycles. The first-order valence-corrected chi connectivity index (χ1v) is 9.33. The molecule has 0 spiro atoms. The maximum atomic E-state index is 12.9. The summed E-state index contributed by atoms with van der Waals surface area (Å²) in [6, 6.07) is 9.30. The molecule has 3 rings (SSSR count). The molecule has 6 nitrogen and oxygen atoms in total. The van der Waals surface area contributed by atoms with E-state index in [0.717, 1.165) is 10.6 Å². The summed E-state index contributed by atoms with van der Waals surface area (Å²) in [6.07, 6.45) is 0.807. The van der Waals surface area contributed by atoms with Crippen LogP contribution in [0, 0.1) is 6.92 Å². The molecule has 2 aromatic rings. The number of aromatic nitrogens is 1. The highest BCUT2D eigenvalue weighted by Gasteiger charge is 2.44. The van der Waals surface area contributed by atoms with Gasteiger partial charge in [-0.3, -0.25) is 9.59 Å². The van der Waals surface area contributed by atoms with Crippen LogP contribution in [0.25, 0.3) is 0 Å². The molecule has 0 saturated carbocycles. The number of piperidine rings is 1. The van der Waals surface area contributed by atoms with Crippen molar-refractivity contribution in [2.75, 3.05) is 20.2 Å². The lowest BCUT2D eigenvalue weighted by atomic mass is 9.73. The fourth-order valence-corrected chi connectivity index (χ4v) is 4.46. The molecule has 0 bridgehead atoms. The van der Waals surface area contributed by atoms with Crippen LogP contribution in [-0.4, -0.2) is 47.1 Å². The summed E-state index contributed by atoms with van der Waals surface area (Å²) in [5.41, 5.74) is 0.572. The predicted octanol–water partition coefficient (Wildman–Crippen LogP) is 2.86. The molecule has 26 heavy (non-hydrogen) atoms. The summed E-state index contributed by atoms with van der Waals surface area (Å²) in [6.45, 7) is 3.03. The first kappa shape index (κ1) is 18.5. The topological polar surface area (TPSA) is 79.7 Å². The number of aliphatic carboxylic acids is 1. The van der Waals surface area contributed by atoms with Gasteiger partial charge in [0.2, 0.25) is 0 Å². The molecule has 0 atom stereocenters. The number of benzene rings is 1. The number of carboxylic acid groups (broad SMARTS) is 1. The zero-order chi connectivity index (χ0) is 18.7. The maximum absolute atomic E-state index is 12.9. The summed E-state index contributed by atoms with van der Waals surface area (Å²) in [5, 5.41) is 10.6. The van der Waals surface area contributed by atoms with E-state index in [1.807, 2.05) is 37.3 Å². The second-order valence-electron chi connectivity index (χ2n) is 6.50. The summed E-state index contributed by atoms with van der Waals surface area (Å²) in [7, 11) is 1.60. The van der Waals surface area contributed by atoms with Crippen molar-refractivity contribution in [2.45, 2.75) is 31.8 Å². The normalized spacial score (nSPS) is 16.5. The van der Waals surface area contributed by atoms with E-state index in [2.05, 4.69) is 4.98 Å². The Hall–Kier alpha value is -2.25. The van der Waals surface area contributed by atoms with Gasteiger partial charge < -0.3 is 14.7 Å². The van der Waals surface area contributed by atoms with E-state index >= 15 is 0 Å². The van der Waals surface area contributed by atoms with E-state index in [0.29, 0.717) is 43.1 Å². The minimum absolute atomic E-state index is 0.0746. The Morgan fingerprint density at radius 2 is 1.92 bits per heavy atom. The van der Waals surface area contributed by atoms with E-state index in [-0.39, 0.29) is 5.91 Å². The Balaban J connectivity index is 1.77. The largest absolute Gasteiger partial charge is 0.481 e. The molecule has 2 heterocycles. The van der Waals surface area contributed by atoms with Gasteiger partial charge in [-0.15, -0.1) is 11.3 Å². The molecule has 1 aliphatic heterocycles. The van der Waals surface area contributed by atoms with E-state index in [1.165, 1.54) is 11.3 Å². The molecule has 1 N–H and O–H groups in total. The van der Waals surface area contributed by atoms with Crippen molar-refractivity contribution in [3.63, 3.8) is 0 Å². The van der Waals surface area contributed by atoms with Gasteiger partial charge in [-0.25, -0.2) is 4.98 Å². The second kappa shape index (κ2) is 7.55. The highest BCUT2D eigenvalue weighted by molar-refractivity contribution is 7.13. The lowest BCUT2D eigenvalue weighted by Crippen LogP contribution is -2.49. The summed E-state index contributed by atoms with van der Waals surface area (Å²) in [4.78, 5) is 31.6. The molecular weight excluding hydrogens is 352 g/mol. The van der Waals surface area contributed by atoms with Gasteiger partial charge in [-0.1, -0.05) is 30.3 Å². The molecule has 0 aliphatic carbocycles. The highest BCUT2D eigenvalue weighted by atomic mass is 32.1. The third kappa shape index (κ3) is 3.37. The number of likely N-dealkylation sites (tertiary alicyclic amines) is 1. The van der Waals surface area contributed by atoms with Gasteiger partial charge in [0, 0.05) is 20.2 Å². The van der Waals surface area contributed by atoms with Gasteiger partial charge in [0.25, 0.3) is 5.91 Å². The number of hydrogen-bond donors (Lipinski definition) is 1. The summed E-state index contributed by atoms with van der Waals surface area (Å²) in [5.74, 6) is -0.901. The van der Waals surface area contributed by atoms with Crippen molar-refractivity contribution < 1.29 is 19.4 Å². The number of carbonyl (C=O) groups excluding carboxylic acids is 1. The third-order valence-electron chi connectivity index (χ3n) is 4.94. The van der Waals surface area contributed by atoms with Crippen LogP contribution in [-0.2, 0) is 21.6 Å². The minimum Gasteiger partial charge on any atom is -0.481 e. The van der Waals surface area contributed by atoms with E-state index in [9.17, 15) is 14.7 Å². The molecule has 1 fully saturated rings. The maximum Gasteiger partial charge on any atom is 0.314 e. The predicted molar refractivity (Wildman–Crippen MR) is 98.5 cm³/mol. The summed E-state index contributed by atoms with van der Waals surface area (Å²) >= 11 is 1.34. The van der Waals surface area contributed by atoms with Crippen LogP contribution < -0.4 is 0 Å². The number of methoxy groups -OCH3 is 1. The first-order valence-electron chi connectivity index (χ1n) is 8.51. The minimum atomic E-state index is -0.929. The Morgan fingerprint density at radius 1 is 1.27 bits per heavy atom. The quantitative estimate of drug-likeness (QED) is 0.870. The van der Waals surface area contributed by atoms with E-state index < -0.39 is 11.4 Å². The Morgan fingerprint density at radius 3 is 2.50 bits per heavy atom. The molecule has 0 radical (unpaired) electrons. The van der Waals surface area contributed by atoms with Gasteiger partial charge in [-0.2, -0.15) is 0 Å². The average Bonchev–Trinajstić information content (AvgIpc) is 3.02.